The van der Waals surface area contributed by atoms with Crippen molar-refractivity contribution in [1.82, 2.24) is 9.99 Å². The van der Waals surface area contributed by atoms with Crippen LogP contribution in [0.1, 0.15) is 32.9 Å². The van der Waals surface area contributed by atoms with E-state index in [4.69, 9.17) is 25.5 Å². The monoisotopic (exact) mass is 496 g/mol. The van der Waals surface area contributed by atoms with Crippen LogP contribution in [0.25, 0.3) is 11.3 Å². The summed E-state index contributed by atoms with van der Waals surface area (Å²) in [6.45, 7) is 1.44. The summed E-state index contributed by atoms with van der Waals surface area (Å²) in [7, 11) is 2.74. The van der Waals surface area contributed by atoms with E-state index in [0.717, 1.165) is 0 Å². The van der Waals surface area contributed by atoms with Crippen molar-refractivity contribution in [1.29, 1.82) is 5.26 Å². The molecular weight excluding hydrogens is 476 g/mol. The number of halogens is 1. The standard InChI is InChI=1S/C24H21ClN4O6/c1-14-8-16(13-33-2)19(10-26)23(31)29(14)12-22(30)28-27-11-17-5-7-21(35-17)18-9-15(24(32)34-3)4-6-20(18)25/h4-9,11H,12-13H2,1-3H3,(H,28,30). The van der Waals surface area contributed by atoms with Crippen LogP contribution in [-0.2, 0) is 27.4 Å². The van der Waals surface area contributed by atoms with Gasteiger partial charge in [0.05, 0.1) is 30.5 Å². The van der Waals surface area contributed by atoms with Gasteiger partial charge < -0.3 is 18.5 Å². The molecule has 10 nitrogen and oxygen atoms in total. The molecule has 3 aromatic rings. The fourth-order valence-corrected chi connectivity index (χ4v) is 3.50. The van der Waals surface area contributed by atoms with Gasteiger partial charge in [-0.15, -0.1) is 0 Å². The Balaban J connectivity index is 1.71. The van der Waals surface area contributed by atoms with Gasteiger partial charge in [-0.25, -0.2) is 10.2 Å². The van der Waals surface area contributed by atoms with Gasteiger partial charge in [-0.05, 0) is 43.3 Å². The summed E-state index contributed by atoms with van der Waals surface area (Å²) in [4.78, 5) is 36.7. The van der Waals surface area contributed by atoms with Crippen LogP contribution in [0.15, 0.2) is 50.7 Å². The number of hydrazone groups is 1. The van der Waals surface area contributed by atoms with Crippen molar-refractivity contribution >= 4 is 29.7 Å². The lowest BCUT2D eigenvalue weighted by Crippen LogP contribution is -2.33. The topological polar surface area (TPSA) is 136 Å². The van der Waals surface area contributed by atoms with E-state index < -0.39 is 17.4 Å². The summed E-state index contributed by atoms with van der Waals surface area (Å²) in [6.07, 6.45) is 1.28. The number of methoxy groups -OCH3 is 2. The molecule has 0 aliphatic rings. The fraction of sp³-hybridized carbons (Fsp3) is 0.208. The van der Waals surface area contributed by atoms with E-state index in [2.05, 4.69) is 10.5 Å². The second-order valence-corrected chi connectivity index (χ2v) is 7.71. The number of aryl methyl sites for hydroxylation is 1. The van der Waals surface area contributed by atoms with E-state index in [1.165, 1.54) is 31.1 Å². The van der Waals surface area contributed by atoms with E-state index in [1.54, 1.807) is 37.3 Å². The van der Waals surface area contributed by atoms with Gasteiger partial charge in [0.15, 0.2) is 0 Å². The molecule has 0 radical (unpaired) electrons. The molecule has 1 amide bonds. The molecule has 0 aliphatic carbocycles. The molecule has 1 aromatic carbocycles. The van der Waals surface area contributed by atoms with Gasteiger partial charge in [-0.2, -0.15) is 10.4 Å². The van der Waals surface area contributed by atoms with Crippen molar-refractivity contribution in [2.45, 2.75) is 20.1 Å². The number of benzene rings is 1. The number of nitrogens with zero attached hydrogens (tertiary/aromatic N) is 3. The Morgan fingerprint density at radius 3 is 2.71 bits per heavy atom. The molecule has 0 aliphatic heterocycles. The van der Waals surface area contributed by atoms with Gasteiger partial charge in [0.25, 0.3) is 11.5 Å². The Morgan fingerprint density at radius 2 is 2.03 bits per heavy atom. The summed E-state index contributed by atoms with van der Waals surface area (Å²) >= 11 is 6.23. The number of carbonyl (C=O) groups is 2. The zero-order valence-electron chi connectivity index (χ0n) is 19.1. The lowest BCUT2D eigenvalue weighted by atomic mass is 10.1. The van der Waals surface area contributed by atoms with Crippen molar-refractivity contribution in [3.05, 3.63) is 79.9 Å². The number of nitrogens with one attached hydrogen (secondary N) is 1. The minimum Gasteiger partial charge on any atom is -0.465 e. The average molecular weight is 497 g/mol. The minimum atomic E-state index is -0.583. The Hall–Kier alpha value is -4.20. The molecule has 1 N–H and O–H groups in total. The lowest BCUT2D eigenvalue weighted by Gasteiger charge is -2.12. The van der Waals surface area contributed by atoms with Crippen LogP contribution in [0.2, 0.25) is 5.02 Å². The number of aromatic nitrogens is 1. The smallest absolute Gasteiger partial charge is 0.337 e. The van der Waals surface area contributed by atoms with Gasteiger partial charge in [0.1, 0.15) is 29.7 Å². The predicted octanol–water partition coefficient (Wildman–Crippen LogP) is 3.03. The third-order valence-electron chi connectivity index (χ3n) is 4.96. The number of pyridine rings is 1. The lowest BCUT2D eigenvalue weighted by molar-refractivity contribution is -0.121. The second-order valence-electron chi connectivity index (χ2n) is 7.30. The minimum absolute atomic E-state index is 0.0770. The maximum Gasteiger partial charge on any atom is 0.337 e. The fourth-order valence-electron chi connectivity index (χ4n) is 3.29. The first-order valence-electron chi connectivity index (χ1n) is 10.2. The van der Waals surface area contributed by atoms with Crippen molar-refractivity contribution in [3.63, 3.8) is 0 Å². The van der Waals surface area contributed by atoms with Gasteiger partial charge in [0.2, 0.25) is 0 Å². The SMILES string of the molecule is COCc1cc(C)n(CC(=O)NN=Cc2ccc(-c3cc(C(=O)OC)ccc3Cl)o2)c(=O)c1C#N. The quantitative estimate of drug-likeness (QED) is 0.287. The van der Waals surface area contributed by atoms with E-state index >= 15 is 0 Å². The van der Waals surface area contributed by atoms with Gasteiger partial charge in [-0.1, -0.05) is 11.6 Å². The molecule has 0 saturated heterocycles. The molecule has 0 bridgehead atoms. The Morgan fingerprint density at radius 1 is 1.26 bits per heavy atom. The number of hydrogen-bond acceptors (Lipinski definition) is 8. The highest BCUT2D eigenvalue weighted by atomic mass is 35.5. The highest BCUT2D eigenvalue weighted by Crippen LogP contribution is 2.30. The summed E-state index contributed by atoms with van der Waals surface area (Å²) in [6, 6.07) is 11.4. The molecule has 2 aromatic heterocycles. The third-order valence-corrected chi connectivity index (χ3v) is 5.29. The van der Waals surface area contributed by atoms with Gasteiger partial charge >= 0.3 is 5.97 Å². The zero-order chi connectivity index (χ0) is 25.5. The first-order valence-corrected chi connectivity index (χ1v) is 10.6. The highest BCUT2D eigenvalue weighted by molar-refractivity contribution is 6.33. The molecule has 35 heavy (non-hydrogen) atoms. The molecule has 3 rings (SSSR count). The number of amides is 1. The van der Waals surface area contributed by atoms with Crippen LogP contribution in [0.3, 0.4) is 0 Å². The number of carbonyl (C=O) groups excluding carboxylic acids is 2. The Bertz CT molecular complexity index is 1400. The van der Waals surface area contributed by atoms with Crippen LogP contribution in [0.4, 0.5) is 0 Å². The van der Waals surface area contributed by atoms with Crippen LogP contribution in [0, 0.1) is 18.3 Å². The van der Waals surface area contributed by atoms with E-state index in [0.29, 0.717) is 38.9 Å². The molecule has 180 valence electrons. The Labute approximate surface area is 205 Å². The zero-order valence-corrected chi connectivity index (χ0v) is 19.9. The molecule has 2 heterocycles. The predicted molar refractivity (Wildman–Crippen MR) is 127 cm³/mol. The van der Waals surface area contributed by atoms with Crippen molar-refractivity contribution in [2.24, 2.45) is 5.10 Å². The van der Waals surface area contributed by atoms with Crippen LogP contribution >= 0.6 is 11.6 Å². The van der Waals surface area contributed by atoms with E-state index in [-0.39, 0.29) is 18.7 Å². The first-order chi connectivity index (χ1) is 16.8. The van der Waals surface area contributed by atoms with Crippen LogP contribution < -0.4 is 11.0 Å². The summed E-state index contributed by atoms with van der Waals surface area (Å²) in [5, 5.41) is 13.5. The van der Waals surface area contributed by atoms with Gasteiger partial charge in [0, 0.05) is 23.9 Å². The molecule has 0 saturated carbocycles. The first kappa shape index (κ1) is 25.4. The van der Waals surface area contributed by atoms with Crippen LogP contribution in [-0.4, -0.2) is 36.9 Å². The second kappa shape index (κ2) is 11.3. The van der Waals surface area contributed by atoms with Crippen molar-refractivity contribution in [3.8, 4) is 17.4 Å². The maximum absolute atomic E-state index is 12.6. The van der Waals surface area contributed by atoms with E-state index in [9.17, 15) is 19.6 Å². The Kier molecular flexibility index (Phi) is 8.20. The molecular formula is C24H21ClN4O6. The molecule has 0 fully saturated rings. The third kappa shape index (κ3) is 5.84. The number of hydrogen-bond donors (Lipinski definition) is 1. The number of rotatable bonds is 8. The summed E-state index contributed by atoms with van der Waals surface area (Å²) in [5.74, 6) is -0.390. The maximum atomic E-state index is 12.6. The van der Waals surface area contributed by atoms with Crippen molar-refractivity contribution in [2.75, 3.05) is 14.2 Å². The number of esters is 1. The number of nitriles is 1. The molecule has 0 unspecified atom stereocenters. The highest BCUT2D eigenvalue weighted by Gasteiger charge is 2.15. The van der Waals surface area contributed by atoms with E-state index in [1.807, 2.05) is 6.07 Å². The largest absolute Gasteiger partial charge is 0.465 e. The number of ether oxygens (including phenoxy) is 2. The van der Waals surface area contributed by atoms with Crippen molar-refractivity contribution < 1.29 is 23.5 Å². The summed E-state index contributed by atoms with van der Waals surface area (Å²) < 4.78 is 16.6. The number of furan rings is 1. The average Bonchev–Trinajstić information content (AvgIpc) is 3.30. The summed E-state index contributed by atoms with van der Waals surface area (Å²) in [5.41, 5.74) is 3.41. The van der Waals surface area contributed by atoms with Gasteiger partial charge in [-0.3, -0.25) is 9.59 Å². The normalized spacial score (nSPS) is 10.8. The molecule has 11 heteroatoms. The van der Waals surface area contributed by atoms with Crippen LogP contribution in [0.5, 0.6) is 0 Å². The molecule has 0 atom stereocenters. The molecule has 0 spiro atoms.